The van der Waals surface area contributed by atoms with E-state index in [-0.39, 0.29) is 17.7 Å². The van der Waals surface area contributed by atoms with Crippen molar-refractivity contribution in [2.75, 3.05) is 6.54 Å². The highest BCUT2D eigenvalue weighted by Crippen LogP contribution is 2.40. The first kappa shape index (κ1) is 20.0. The van der Waals surface area contributed by atoms with Crippen molar-refractivity contribution in [2.45, 2.75) is 71.6 Å². The molecule has 0 saturated heterocycles. The molecule has 2 aromatic rings. The SMILES string of the molecule is Cc1cc(-c2cnc(C(C)C)nc2C2CCC(CNC(=O)C3CC3C)CC2)on1. The quantitative estimate of drug-likeness (QED) is 0.771. The van der Waals surface area contributed by atoms with Crippen LogP contribution < -0.4 is 5.32 Å². The van der Waals surface area contributed by atoms with E-state index in [1.54, 1.807) is 0 Å². The third kappa shape index (κ3) is 4.51. The van der Waals surface area contributed by atoms with Gasteiger partial charge in [0, 0.05) is 36.6 Å². The van der Waals surface area contributed by atoms with E-state index < -0.39 is 0 Å². The molecule has 0 spiro atoms. The van der Waals surface area contributed by atoms with Crippen molar-refractivity contribution in [3.05, 3.63) is 29.5 Å². The fourth-order valence-electron chi connectivity index (χ4n) is 4.38. The van der Waals surface area contributed by atoms with Crippen molar-refractivity contribution >= 4 is 5.91 Å². The van der Waals surface area contributed by atoms with Gasteiger partial charge >= 0.3 is 0 Å². The Morgan fingerprint density at radius 1 is 1.28 bits per heavy atom. The highest BCUT2D eigenvalue weighted by Gasteiger charge is 2.39. The summed E-state index contributed by atoms with van der Waals surface area (Å²) >= 11 is 0. The summed E-state index contributed by atoms with van der Waals surface area (Å²) in [6.45, 7) is 9.13. The van der Waals surface area contributed by atoms with Crippen molar-refractivity contribution in [3.8, 4) is 11.3 Å². The fourth-order valence-corrected chi connectivity index (χ4v) is 4.38. The van der Waals surface area contributed by atoms with Crippen LogP contribution in [-0.4, -0.2) is 27.6 Å². The molecule has 2 heterocycles. The maximum absolute atomic E-state index is 12.1. The lowest BCUT2D eigenvalue weighted by Crippen LogP contribution is -2.32. The van der Waals surface area contributed by atoms with Gasteiger partial charge < -0.3 is 9.84 Å². The van der Waals surface area contributed by atoms with E-state index in [9.17, 15) is 4.79 Å². The molecule has 6 heteroatoms. The van der Waals surface area contributed by atoms with Crippen molar-refractivity contribution in [1.29, 1.82) is 0 Å². The highest BCUT2D eigenvalue weighted by molar-refractivity contribution is 5.81. The summed E-state index contributed by atoms with van der Waals surface area (Å²) in [5, 5.41) is 7.22. The molecule has 2 aliphatic rings. The lowest BCUT2D eigenvalue weighted by molar-refractivity contribution is -0.122. The molecular weight excluding hydrogens is 364 g/mol. The van der Waals surface area contributed by atoms with Crippen molar-refractivity contribution < 1.29 is 9.32 Å². The van der Waals surface area contributed by atoms with Crippen LogP contribution in [0.1, 0.15) is 81.9 Å². The normalized spacial score (nSPS) is 26.5. The van der Waals surface area contributed by atoms with Crippen molar-refractivity contribution in [1.82, 2.24) is 20.4 Å². The van der Waals surface area contributed by atoms with Gasteiger partial charge in [-0.15, -0.1) is 0 Å². The van der Waals surface area contributed by atoms with Crippen LogP contribution in [0.5, 0.6) is 0 Å². The van der Waals surface area contributed by atoms with Crippen molar-refractivity contribution in [2.24, 2.45) is 17.8 Å². The first-order chi connectivity index (χ1) is 13.9. The minimum absolute atomic E-state index is 0.250. The average molecular weight is 397 g/mol. The number of hydrogen-bond donors (Lipinski definition) is 1. The van der Waals surface area contributed by atoms with Crippen LogP contribution in [-0.2, 0) is 4.79 Å². The van der Waals surface area contributed by atoms with Gasteiger partial charge in [-0.05, 0) is 50.9 Å². The maximum atomic E-state index is 12.1. The van der Waals surface area contributed by atoms with Crippen LogP contribution in [0.3, 0.4) is 0 Å². The van der Waals surface area contributed by atoms with Gasteiger partial charge in [-0.25, -0.2) is 9.97 Å². The zero-order chi connectivity index (χ0) is 20.5. The summed E-state index contributed by atoms with van der Waals surface area (Å²) in [4.78, 5) is 21.6. The molecule has 156 valence electrons. The van der Waals surface area contributed by atoms with Gasteiger partial charge in [0.1, 0.15) is 5.82 Å². The van der Waals surface area contributed by atoms with Gasteiger partial charge in [0.05, 0.1) is 17.0 Å². The molecule has 29 heavy (non-hydrogen) atoms. The van der Waals surface area contributed by atoms with Gasteiger partial charge in [0.25, 0.3) is 0 Å². The highest BCUT2D eigenvalue weighted by atomic mass is 16.5. The van der Waals surface area contributed by atoms with E-state index >= 15 is 0 Å². The maximum Gasteiger partial charge on any atom is 0.223 e. The van der Waals surface area contributed by atoms with Gasteiger partial charge in [0.2, 0.25) is 5.91 Å². The summed E-state index contributed by atoms with van der Waals surface area (Å²) in [7, 11) is 0. The molecule has 2 saturated carbocycles. The molecule has 6 nitrogen and oxygen atoms in total. The molecule has 2 aromatic heterocycles. The van der Waals surface area contributed by atoms with Crippen LogP contribution in [0.2, 0.25) is 0 Å². The molecule has 2 unspecified atom stereocenters. The van der Waals surface area contributed by atoms with Gasteiger partial charge in [-0.3, -0.25) is 4.79 Å². The second kappa shape index (κ2) is 8.25. The Morgan fingerprint density at radius 3 is 2.59 bits per heavy atom. The standard InChI is InChI=1S/C23H32N4O2/c1-13(2)22-24-12-19(20-10-15(4)27-29-20)21(26-22)17-7-5-16(6-8-17)11-25-23(28)18-9-14(18)3/h10,12-14,16-18H,5-9,11H2,1-4H3,(H,25,28). The summed E-state index contributed by atoms with van der Waals surface area (Å²) < 4.78 is 5.53. The van der Waals surface area contributed by atoms with E-state index in [1.165, 1.54) is 0 Å². The Bertz CT molecular complexity index is 868. The molecule has 2 aliphatic carbocycles. The lowest BCUT2D eigenvalue weighted by Gasteiger charge is -2.29. The number of hydrogen-bond acceptors (Lipinski definition) is 5. The lowest BCUT2D eigenvalue weighted by atomic mass is 9.79. The zero-order valence-corrected chi connectivity index (χ0v) is 17.9. The van der Waals surface area contributed by atoms with E-state index in [1.807, 2.05) is 19.2 Å². The van der Waals surface area contributed by atoms with Crippen LogP contribution in [0.4, 0.5) is 0 Å². The molecule has 0 aliphatic heterocycles. The number of rotatable bonds is 6. The average Bonchev–Trinajstić information content (AvgIpc) is 3.30. The van der Waals surface area contributed by atoms with E-state index in [0.717, 1.165) is 67.2 Å². The molecule has 0 bridgehead atoms. The van der Waals surface area contributed by atoms with Crippen LogP contribution in [0.25, 0.3) is 11.3 Å². The Labute approximate surface area is 172 Å². The molecule has 2 atom stereocenters. The number of nitrogens with zero attached hydrogens (tertiary/aromatic N) is 3. The Morgan fingerprint density at radius 2 is 2.00 bits per heavy atom. The Kier molecular flexibility index (Phi) is 5.70. The molecule has 1 N–H and O–H groups in total. The van der Waals surface area contributed by atoms with Gasteiger partial charge in [0.15, 0.2) is 5.76 Å². The number of nitrogens with one attached hydrogen (secondary N) is 1. The predicted octanol–water partition coefficient (Wildman–Crippen LogP) is 4.61. The monoisotopic (exact) mass is 396 g/mol. The smallest absolute Gasteiger partial charge is 0.223 e. The molecule has 2 fully saturated rings. The van der Waals surface area contributed by atoms with Crippen LogP contribution >= 0.6 is 0 Å². The summed E-state index contributed by atoms with van der Waals surface area (Å²) in [5.41, 5.74) is 2.92. The Hall–Kier alpha value is -2.24. The number of aryl methyl sites for hydroxylation is 1. The summed E-state index contributed by atoms with van der Waals surface area (Å²) in [6.07, 6.45) is 7.33. The number of aromatic nitrogens is 3. The third-order valence-corrected chi connectivity index (χ3v) is 6.49. The summed E-state index contributed by atoms with van der Waals surface area (Å²) in [5.74, 6) is 3.95. The molecule has 4 rings (SSSR count). The zero-order valence-electron chi connectivity index (χ0n) is 17.9. The predicted molar refractivity (Wildman–Crippen MR) is 111 cm³/mol. The fraction of sp³-hybridized carbons (Fsp3) is 0.652. The largest absolute Gasteiger partial charge is 0.356 e. The van der Waals surface area contributed by atoms with Crippen LogP contribution in [0.15, 0.2) is 16.8 Å². The van der Waals surface area contributed by atoms with Gasteiger partial charge in [-0.1, -0.05) is 25.9 Å². The molecular formula is C23H32N4O2. The second-order valence-electron chi connectivity index (χ2n) is 9.30. The number of carbonyl (C=O) groups is 1. The molecule has 0 radical (unpaired) electrons. The topological polar surface area (TPSA) is 80.9 Å². The van der Waals surface area contributed by atoms with Crippen LogP contribution in [0, 0.1) is 24.7 Å². The first-order valence-corrected chi connectivity index (χ1v) is 11.0. The first-order valence-electron chi connectivity index (χ1n) is 11.0. The number of carbonyl (C=O) groups excluding carboxylic acids is 1. The Balaban J connectivity index is 1.44. The van der Waals surface area contributed by atoms with Crippen molar-refractivity contribution in [3.63, 3.8) is 0 Å². The molecule has 0 aromatic carbocycles. The summed E-state index contributed by atoms with van der Waals surface area (Å²) in [6, 6.07) is 1.96. The number of amides is 1. The van der Waals surface area contributed by atoms with E-state index in [2.05, 4.69) is 36.2 Å². The second-order valence-corrected chi connectivity index (χ2v) is 9.30. The minimum atomic E-state index is 0.250. The van der Waals surface area contributed by atoms with E-state index in [0.29, 0.717) is 17.8 Å². The minimum Gasteiger partial charge on any atom is -0.356 e. The third-order valence-electron chi connectivity index (χ3n) is 6.49. The molecule has 1 amide bonds. The van der Waals surface area contributed by atoms with Gasteiger partial charge in [-0.2, -0.15) is 0 Å². The van der Waals surface area contributed by atoms with E-state index in [4.69, 9.17) is 9.51 Å².